The molecule has 6 heteroatoms. The molecule has 26 heavy (non-hydrogen) atoms. The lowest BCUT2D eigenvalue weighted by atomic mass is 10.1. The summed E-state index contributed by atoms with van der Waals surface area (Å²) in [4.78, 5) is 36.0. The fourth-order valence-electron chi connectivity index (χ4n) is 2.26. The second kappa shape index (κ2) is 9.15. The molecule has 0 fully saturated rings. The van der Waals surface area contributed by atoms with Crippen LogP contribution in [0.5, 0.6) is 0 Å². The minimum atomic E-state index is -0.979. The highest BCUT2D eigenvalue weighted by Crippen LogP contribution is 2.20. The number of hydrogen-bond acceptors (Lipinski definition) is 4. The van der Waals surface area contributed by atoms with Gasteiger partial charge in [-0.15, -0.1) is 0 Å². The van der Waals surface area contributed by atoms with Crippen LogP contribution in [-0.4, -0.2) is 23.8 Å². The molecule has 1 amide bonds. The lowest BCUT2D eigenvalue weighted by molar-refractivity contribution is -0.153. The van der Waals surface area contributed by atoms with E-state index in [-0.39, 0.29) is 18.6 Å². The molecule has 136 valence electrons. The Labute approximate surface area is 157 Å². The first-order valence-electron chi connectivity index (χ1n) is 8.21. The highest BCUT2D eigenvalue weighted by molar-refractivity contribution is 6.31. The van der Waals surface area contributed by atoms with Crippen LogP contribution < -0.4 is 5.32 Å². The molecule has 0 saturated carbocycles. The summed E-state index contributed by atoms with van der Waals surface area (Å²) >= 11 is 5.92. The third-order valence-corrected chi connectivity index (χ3v) is 4.02. The lowest BCUT2D eigenvalue weighted by Gasteiger charge is -2.15. The van der Waals surface area contributed by atoms with Crippen LogP contribution >= 0.6 is 11.6 Å². The predicted molar refractivity (Wildman–Crippen MR) is 100 cm³/mol. The van der Waals surface area contributed by atoms with E-state index in [1.54, 1.807) is 42.5 Å². The van der Waals surface area contributed by atoms with Crippen LogP contribution in [0.3, 0.4) is 0 Å². The van der Waals surface area contributed by atoms with Gasteiger partial charge in [0.1, 0.15) is 0 Å². The van der Waals surface area contributed by atoms with Gasteiger partial charge in [0.25, 0.3) is 5.91 Å². The molecule has 0 aliphatic heterocycles. The summed E-state index contributed by atoms with van der Waals surface area (Å²) < 4.78 is 5.10. The third-order valence-electron chi connectivity index (χ3n) is 3.79. The summed E-state index contributed by atoms with van der Waals surface area (Å²) in [5.41, 5.74) is 1.95. The van der Waals surface area contributed by atoms with Gasteiger partial charge in [-0.25, -0.2) is 0 Å². The van der Waals surface area contributed by atoms with Gasteiger partial charge in [-0.1, -0.05) is 48.0 Å². The molecule has 0 aromatic heterocycles. The van der Waals surface area contributed by atoms with Crippen molar-refractivity contribution >= 4 is 34.9 Å². The zero-order valence-electron chi connectivity index (χ0n) is 14.6. The average molecular weight is 374 g/mol. The van der Waals surface area contributed by atoms with Crippen LogP contribution in [0.2, 0.25) is 5.02 Å². The minimum absolute atomic E-state index is 0.0323. The SMILES string of the molecule is Cc1ccc(Cl)cc1NC(=O)[C@H](C)OC(=O)CCC(=O)c1ccccc1. The molecule has 1 atom stereocenters. The molecule has 0 aliphatic carbocycles. The number of halogens is 1. The zero-order valence-corrected chi connectivity index (χ0v) is 15.4. The molecule has 0 spiro atoms. The van der Waals surface area contributed by atoms with Crippen molar-refractivity contribution in [2.75, 3.05) is 5.32 Å². The first-order valence-corrected chi connectivity index (χ1v) is 8.59. The van der Waals surface area contributed by atoms with Crippen LogP contribution in [0.15, 0.2) is 48.5 Å². The fourth-order valence-corrected chi connectivity index (χ4v) is 2.43. The molecule has 0 unspecified atom stereocenters. The van der Waals surface area contributed by atoms with E-state index in [1.165, 1.54) is 6.92 Å². The number of rotatable bonds is 7. The monoisotopic (exact) mass is 373 g/mol. The van der Waals surface area contributed by atoms with Gasteiger partial charge in [0.05, 0.1) is 6.42 Å². The molecule has 1 N–H and O–H groups in total. The topological polar surface area (TPSA) is 72.5 Å². The summed E-state index contributed by atoms with van der Waals surface area (Å²) in [7, 11) is 0. The van der Waals surface area contributed by atoms with Gasteiger partial charge in [0, 0.05) is 22.7 Å². The molecular formula is C20H20ClNO4. The van der Waals surface area contributed by atoms with Crippen molar-refractivity contribution in [1.29, 1.82) is 0 Å². The molecule has 0 heterocycles. The van der Waals surface area contributed by atoms with Crippen LogP contribution in [0, 0.1) is 6.92 Å². The van der Waals surface area contributed by atoms with E-state index >= 15 is 0 Å². The number of hydrogen-bond donors (Lipinski definition) is 1. The average Bonchev–Trinajstić information content (AvgIpc) is 2.63. The number of ether oxygens (including phenoxy) is 1. The maximum Gasteiger partial charge on any atom is 0.307 e. The Kier molecular flexibility index (Phi) is 6.92. The summed E-state index contributed by atoms with van der Waals surface area (Å²) in [6, 6.07) is 13.8. The molecule has 2 rings (SSSR count). The number of ketones is 1. The molecule has 5 nitrogen and oxygen atoms in total. The highest BCUT2D eigenvalue weighted by atomic mass is 35.5. The number of carbonyl (C=O) groups is 3. The fraction of sp³-hybridized carbons (Fsp3) is 0.250. The van der Waals surface area contributed by atoms with Gasteiger partial charge >= 0.3 is 5.97 Å². The van der Waals surface area contributed by atoms with Gasteiger partial charge in [-0.2, -0.15) is 0 Å². The van der Waals surface area contributed by atoms with E-state index in [0.29, 0.717) is 16.3 Å². The molecule has 0 bridgehead atoms. The van der Waals surface area contributed by atoms with Crippen molar-refractivity contribution in [3.8, 4) is 0 Å². The van der Waals surface area contributed by atoms with Crippen molar-refractivity contribution in [2.45, 2.75) is 32.8 Å². The van der Waals surface area contributed by atoms with Crippen molar-refractivity contribution in [3.63, 3.8) is 0 Å². The smallest absolute Gasteiger partial charge is 0.307 e. The first-order chi connectivity index (χ1) is 12.4. The maximum atomic E-state index is 12.2. The van der Waals surface area contributed by atoms with E-state index in [4.69, 9.17) is 16.3 Å². The number of Topliss-reactive ketones (excluding diaryl/α,β-unsaturated/α-hetero) is 1. The summed E-state index contributed by atoms with van der Waals surface area (Å²) in [5.74, 6) is -1.20. The zero-order chi connectivity index (χ0) is 19.1. The van der Waals surface area contributed by atoms with Gasteiger partial charge in [-0.05, 0) is 31.5 Å². The minimum Gasteiger partial charge on any atom is -0.453 e. The number of aryl methyl sites for hydroxylation is 1. The highest BCUT2D eigenvalue weighted by Gasteiger charge is 2.19. The second-order valence-corrected chi connectivity index (χ2v) is 6.31. The maximum absolute atomic E-state index is 12.2. The summed E-state index contributed by atoms with van der Waals surface area (Å²) in [5, 5.41) is 3.17. The number of carbonyl (C=O) groups excluding carboxylic acids is 3. The Morgan fingerprint density at radius 2 is 1.77 bits per heavy atom. The number of nitrogens with one attached hydrogen (secondary N) is 1. The Hall–Kier alpha value is -2.66. The van der Waals surface area contributed by atoms with Crippen molar-refractivity contribution < 1.29 is 19.1 Å². The Morgan fingerprint density at radius 1 is 1.08 bits per heavy atom. The molecular weight excluding hydrogens is 354 g/mol. The number of anilines is 1. The van der Waals surface area contributed by atoms with E-state index in [2.05, 4.69) is 5.32 Å². The Bertz CT molecular complexity index is 805. The normalized spacial score (nSPS) is 11.5. The van der Waals surface area contributed by atoms with Crippen LogP contribution in [-0.2, 0) is 14.3 Å². The Balaban J connectivity index is 1.83. The number of benzene rings is 2. The molecule has 0 saturated heterocycles. The van der Waals surface area contributed by atoms with Crippen LogP contribution in [0.4, 0.5) is 5.69 Å². The number of amides is 1. The van der Waals surface area contributed by atoms with Crippen LogP contribution in [0.25, 0.3) is 0 Å². The molecule has 0 radical (unpaired) electrons. The van der Waals surface area contributed by atoms with Gasteiger partial charge in [-0.3, -0.25) is 14.4 Å². The van der Waals surface area contributed by atoms with Gasteiger partial charge in [0.2, 0.25) is 0 Å². The summed E-state index contributed by atoms with van der Waals surface area (Å²) in [6.07, 6.45) is -1.03. The molecule has 2 aromatic carbocycles. The van der Waals surface area contributed by atoms with E-state index in [9.17, 15) is 14.4 Å². The van der Waals surface area contributed by atoms with Crippen molar-refractivity contribution in [1.82, 2.24) is 0 Å². The van der Waals surface area contributed by atoms with E-state index < -0.39 is 18.0 Å². The van der Waals surface area contributed by atoms with Gasteiger partial charge in [0.15, 0.2) is 11.9 Å². The lowest BCUT2D eigenvalue weighted by Crippen LogP contribution is -2.30. The number of esters is 1. The van der Waals surface area contributed by atoms with Crippen LogP contribution in [0.1, 0.15) is 35.7 Å². The van der Waals surface area contributed by atoms with E-state index in [0.717, 1.165) is 5.56 Å². The molecule has 0 aliphatic rings. The standard InChI is InChI=1S/C20H20ClNO4/c1-13-8-9-16(21)12-17(13)22-20(25)14(2)26-19(24)11-10-18(23)15-6-4-3-5-7-15/h3-9,12,14H,10-11H2,1-2H3,(H,22,25)/t14-/m0/s1. The Morgan fingerprint density at radius 3 is 2.46 bits per heavy atom. The van der Waals surface area contributed by atoms with Gasteiger partial charge < -0.3 is 10.1 Å². The predicted octanol–water partition coefficient (Wildman–Crippen LogP) is 4.18. The first kappa shape index (κ1) is 19.7. The third kappa shape index (κ3) is 5.70. The summed E-state index contributed by atoms with van der Waals surface area (Å²) in [6.45, 7) is 3.31. The van der Waals surface area contributed by atoms with Crippen molar-refractivity contribution in [3.05, 3.63) is 64.7 Å². The quantitative estimate of drug-likeness (QED) is 0.583. The van der Waals surface area contributed by atoms with E-state index in [1.807, 2.05) is 13.0 Å². The second-order valence-electron chi connectivity index (χ2n) is 5.87. The largest absolute Gasteiger partial charge is 0.453 e. The molecule has 2 aromatic rings. The van der Waals surface area contributed by atoms with Crippen molar-refractivity contribution in [2.24, 2.45) is 0 Å².